The molecule has 4 aromatic rings. The van der Waals surface area contributed by atoms with E-state index in [1.165, 1.54) is 27.9 Å². The Balaban J connectivity index is 2.18. The topological polar surface area (TPSA) is 21.2 Å². The van der Waals surface area contributed by atoms with Gasteiger partial charge in [0.05, 0.1) is 16.6 Å². The molecule has 0 amide bonds. The lowest BCUT2D eigenvalue weighted by atomic mass is 10.0. The van der Waals surface area contributed by atoms with Gasteiger partial charge in [-0.05, 0) is 43.7 Å². The van der Waals surface area contributed by atoms with Crippen LogP contribution in [0.3, 0.4) is 0 Å². The van der Waals surface area contributed by atoms with Gasteiger partial charge >= 0.3 is 0 Å². The molecule has 0 saturated carbocycles. The van der Waals surface area contributed by atoms with Crippen molar-refractivity contribution in [2.45, 2.75) is 13.8 Å². The molecule has 0 N–H and O–H groups in total. The third kappa shape index (κ3) is 1.82. The van der Waals surface area contributed by atoms with Gasteiger partial charge in [-0.15, -0.1) is 0 Å². The molecule has 3 heterocycles. The second kappa shape index (κ2) is 4.67. The summed E-state index contributed by atoms with van der Waals surface area (Å²) in [5.74, 6) is 0. The first kappa shape index (κ1) is 13.0. The van der Waals surface area contributed by atoms with Crippen molar-refractivity contribution in [3.8, 4) is 11.3 Å². The second-order valence-corrected chi connectivity index (χ2v) is 5.87. The maximum atomic E-state index is 4.74. The summed E-state index contributed by atoms with van der Waals surface area (Å²) in [5, 5.41) is 0. The third-order valence-electron chi connectivity index (χ3n) is 4.22. The average molecular weight is 288 g/mol. The summed E-state index contributed by atoms with van der Waals surface area (Å²) in [4.78, 5) is 4.74. The highest BCUT2D eigenvalue weighted by atomic mass is 15.0. The Bertz CT molecular complexity index is 1010. The van der Waals surface area contributed by atoms with Crippen molar-refractivity contribution in [3.63, 3.8) is 0 Å². The number of pyridine rings is 2. The molecule has 0 saturated heterocycles. The van der Waals surface area contributed by atoms with Gasteiger partial charge in [0, 0.05) is 17.8 Å². The average Bonchev–Trinajstić information content (AvgIpc) is 2.87. The molecule has 0 unspecified atom stereocenters. The van der Waals surface area contributed by atoms with Crippen molar-refractivity contribution in [1.29, 1.82) is 0 Å². The number of hydrogen-bond acceptors (Lipinski definition) is 1. The van der Waals surface area contributed by atoms with Gasteiger partial charge in [0.25, 0.3) is 0 Å². The Hall–Kier alpha value is -2.68. The summed E-state index contributed by atoms with van der Waals surface area (Å²) in [6.45, 7) is 4.28. The quantitative estimate of drug-likeness (QED) is 0.490. The molecule has 0 bridgehead atoms. The van der Waals surface area contributed by atoms with Crippen LogP contribution in [0.1, 0.15) is 11.1 Å². The van der Waals surface area contributed by atoms with Crippen LogP contribution in [0.25, 0.3) is 27.9 Å². The summed E-state index contributed by atoms with van der Waals surface area (Å²) >= 11 is 0. The van der Waals surface area contributed by atoms with Crippen molar-refractivity contribution in [1.82, 2.24) is 9.38 Å². The third-order valence-corrected chi connectivity index (χ3v) is 4.22. The van der Waals surface area contributed by atoms with Gasteiger partial charge in [-0.2, -0.15) is 0 Å². The molecule has 108 valence electrons. The number of nitrogens with zero attached hydrogens (tertiary/aromatic N) is 3. The number of fused-ring (bicyclic) bond motifs is 3. The number of aromatic nitrogens is 3. The molecule has 22 heavy (non-hydrogen) atoms. The molecule has 3 heteroatoms. The van der Waals surface area contributed by atoms with Crippen LogP contribution in [0.15, 0.2) is 54.9 Å². The lowest BCUT2D eigenvalue weighted by Gasteiger charge is -2.07. The first-order valence-electron chi connectivity index (χ1n) is 7.48. The maximum absolute atomic E-state index is 4.74. The zero-order valence-corrected chi connectivity index (χ0v) is 13.0. The van der Waals surface area contributed by atoms with Gasteiger partial charge < -0.3 is 0 Å². The highest BCUT2D eigenvalue weighted by Crippen LogP contribution is 2.30. The SMILES string of the molecule is Cc1ccc(-c2c(C)ccc3nc4ccccn4c23)[n+](C)c1. The maximum Gasteiger partial charge on any atom is 0.214 e. The highest BCUT2D eigenvalue weighted by Gasteiger charge is 2.19. The van der Waals surface area contributed by atoms with Crippen LogP contribution < -0.4 is 4.57 Å². The minimum atomic E-state index is 0.985. The van der Waals surface area contributed by atoms with E-state index in [0.717, 1.165) is 11.2 Å². The Morgan fingerprint density at radius 3 is 2.68 bits per heavy atom. The van der Waals surface area contributed by atoms with E-state index in [1.807, 2.05) is 12.1 Å². The lowest BCUT2D eigenvalue weighted by Crippen LogP contribution is -2.31. The Morgan fingerprint density at radius 2 is 1.86 bits per heavy atom. The van der Waals surface area contributed by atoms with Crippen LogP contribution in [0.4, 0.5) is 0 Å². The van der Waals surface area contributed by atoms with Crippen LogP contribution >= 0.6 is 0 Å². The summed E-state index contributed by atoms with van der Waals surface area (Å²) in [7, 11) is 2.10. The van der Waals surface area contributed by atoms with Crippen LogP contribution in [0.2, 0.25) is 0 Å². The van der Waals surface area contributed by atoms with E-state index in [4.69, 9.17) is 4.98 Å². The minimum absolute atomic E-state index is 0.985. The van der Waals surface area contributed by atoms with Gasteiger partial charge in [0.2, 0.25) is 5.69 Å². The number of imidazole rings is 1. The standard InChI is InChI=1S/C19H18N3/c1-13-7-10-16(21(3)12-13)18-14(2)8-9-15-19(18)22-11-5-4-6-17(22)20-15/h4-12H,1-3H3/q+1. The fourth-order valence-electron chi connectivity index (χ4n) is 3.18. The molecule has 0 spiro atoms. The summed E-state index contributed by atoms with van der Waals surface area (Å²) in [6.07, 6.45) is 4.25. The van der Waals surface area contributed by atoms with Gasteiger partial charge in [-0.25, -0.2) is 9.55 Å². The van der Waals surface area contributed by atoms with Crippen LogP contribution in [-0.4, -0.2) is 9.38 Å². The Morgan fingerprint density at radius 1 is 1.00 bits per heavy atom. The monoisotopic (exact) mass is 288 g/mol. The highest BCUT2D eigenvalue weighted by molar-refractivity contribution is 5.94. The van der Waals surface area contributed by atoms with E-state index < -0.39 is 0 Å². The van der Waals surface area contributed by atoms with E-state index in [9.17, 15) is 0 Å². The van der Waals surface area contributed by atoms with Crippen molar-refractivity contribution in [3.05, 3.63) is 66.0 Å². The fraction of sp³-hybridized carbons (Fsp3) is 0.158. The molecule has 0 aliphatic rings. The molecule has 1 aromatic carbocycles. The van der Waals surface area contributed by atoms with Crippen LogP contribution in [-0.2, 0) is 7.05 Å². The summed E-state index contributed by atoms with van der Waals surface area (Å²) < 4.78 is 4.37. The molecular formula is C19H18N3+. The number of aryl methyl sites for hydroxylation is 3. The first-order chi connectivity index (χ1) is 10.6. The molecule has 3 nitrogen and oxygen atoms in total. The molecule has 4 rings (SSSR count). The molecule has 0 fully saturated rings. The summed E-state index contributed by atoms with van der Waals surface area (Å²) in [5.41, 5.74) is 8.17. The van der Waals surface area contributed by atoms with Gasteiger partial charge in [0.1, 0.15) is 12.7 Å². The van der Waals surface area contributed by atoms with Crippen LogP contribution in [0, 0.1) is 13.8 Å². The fourth-order valence-corrected chi connectivity index (χ4v) is 3.18. The molecular weight excluding hydrogens is 270 g/mol. The smallest absolute Gasteiger partial charge is 0.214 e. The minimum Gasteiger partial charge on any atom is -0.299 e. The van der Waals surface area contributed by atoms with Gasteiger partial charge in [-0.3, -0.25) is 4.40 Å². The Kier molecular flexibility index (Phi) is 2.76. The summed E-state index contributed by atoms with van der Waals surface area (Å²) in [6, 6.07) is 14.7. The Labute approximate surface area is 129 Å². The number of hydrogen-bond donors (Lipinski definition) is 0. The van der Waals surface area contributed by atoms with E-state index >= 15 is 0 Å². The zero-order valence-electron chi connectivity index (χ0n) is 13.0. The van der Waals surface area contributed by atoms with E-state index in [2.05, 4.69) is 72.6 Å². The second-order valence-electron chi connectivity index (χ2n) is 5.87. The molecule has 0 aliphatic carbocycles. The van der Waals surface area contributed by atoms with Gasteiger partial charge in [0.15, 0.2) is 6.20 Å². The molecule has 0 aliphatic heterocycles. The van der Waals surface area contributed by atoms with E-state index in [0.29, 0.717) is 0 Å². The van der Waals surface area contributed by atoms with Crippen molar-refractivity contribution in [2.75, 3.05) is 0 Å². The van der Waals surface area contributed by atoms with Crippen LogP contribution in [0.5, 0.6) is 0 Å². The number of benzene rings is 1. The zero-order chi connectivity index (χ0) is 15.3. The first-order valence-corrected chi connectivity index (χ1v) is 7.48. The van der Waals surface area contributed by atoms with Crippen molar-refractivity contribution >= 4 is 16.7 Å². The van der Waals surface area contributed by atoms with Crippen molar-refractivity contribution < 1.29 is 4.57 Å². The largest absolute Gasteiger partial charge is 0.299 e. The number of rotatable bonds is 1. The van der Waals surface area contributed by atoms with Gasteiger partial charge in [-0.1, -0.05) is 12.1 Å². The lowest BCUT2D eigenvalue weighted by molar-refractivity contribution is -0.660. The predicted octanol–water partition coefficient (Wildman–Crippen LogP) is 3.60. The molecule has 0 radical (unpaired) electrons. The van der Waals surface area contributed by atoms with E-state index in [-0.39, 0.29) is 0 Å². The molecule has 3 aromatic heterocycles. The normalized spacial score (nSPS) is 11.4. The molecule has 0 atom stereocenters. The van der Waals surface area contributed by atoms with E-state index in [1.54, 1.807) is 0 Å². The predicted molar refractivity (Wildman–Crippen MR) is 88.8 cm³/mol. The van der Waals surface area contributed by atoms with Crippen molar-refractivity contribution in [2.24, 2.45) is 7.05 Å².